The summed E-state index contributed by atoms with van der Waals surface area (Å²) in [7, 11) is 1.68. The summed E-state index contributed by atoms with van der Waals surface area (Å²) in [6, 6.07) is 12.3. The predicted octanol–water partition coefficient (Wildman–Crippen LogP) is 3.28. The summed E-state index contributed by atoms with van der Waals surface area (Å²) >= 11 is 2.18. The minimum atomic E-state index is 0.597. The molecular weight excluding hydrogens is 365 g/mol. The minimum Gasteiger partial charge on any atom is -0.496 e. The van der Waals surface area contributed by atoms with E-state index in [4.69, 9.17) is 10.5 Å². The second-order valence-corrected chi connectivity index (χ2v) is 5.67. The van der Waals surface area contributed by atoms with E-state index < -0.39 is 0 Å². The van der Waals surface area contributed by atoms with Gasteiger partial charge in [0.15, 0.2) is 0 Å². The van der Waals surface area contributed by atoms with Gasteiger partial charge in [0.05, 0.1) is 23.4 Å². The molecule has 0 atom stereocenters. The molecule has 4 nitrogen and oxygen atoms in total. The lowest BCUT2D eigenvalue weighted by atomic mass is 10.0. The van der Waals surface area contributed by atoms with E-state index in [2.05, 4.69) is 45.9 Å². The first-order chi connectivity index (χ1) is 9.70. The van der Waals surface area contributed by atoms with Gasteiger partial charge in [-0.15, -0.1) is 0 Å². The largest absolute Gasteiger partial charge is 0.496 e. The Kier molecular flexibility index (Phi) is 3.52. The molecule has 102 valence electrons. The van der Waals surface area contributed by atoms with Gasteiger partial charge >= 0.3 is 0 Å². The number of hydrogen-bond acceptors (Lipinski definition) is 3. The third-order valence-electron chi connectivity index (χ3n) is 3.36. The molecule has 0 unspecified atom stereocenters. The standard InChI is InChI=1S/C15H14IN3O/c1-20-14-7-6-10-4-2-3-5-11(10)12(14)9-19-15(17)13(16)8-18-19/h2-8H,9,17H2,1H3. The molecule has 0 fully saturated rings. The van der Waals surface area contributed by atoms with E-state index in [0.29, 0.717) is 12.4 Å². The first-order valence-electron chi connectivity index (χ1n) is 6.22. The molecule has 0 aliphatic rings. The number of ether oxygens (including phenoxy) is 1. The van der Waals surface area contributed by atoms with Crippen molar-refractivity contribution in [2.75, 3.05) is 12.8 Å². The number of fused-ring (bicyclic) bond motifs is 1. The highest BCUT2D eigenvalue weighted by molar-refractivity contribution is 14.1. The van der Waals surface area contributed by atoms with Crippen molar-refractivity contribution in [2.24, 2.45) is 0 Å². The zero-order valence-corrected chi connectivity index (χ0v) is 13.2. The zero-order chi connectivity index (χ0) is 14.1. The van der Waals surface area contributed by atoms with E-state index in [1.54, 1.807) is 18.0 Å². The second-order valence-electron chi connectivity index (χ2n) is 4.50. The Bertz CT molecular complexity index is 767. The monoisotopic (exact) mass is 379 g/mol. The first kappa shape index (κ1) is 13.2. The van der Waals surface area contributed by atoms with E-state index >= 15 is 0 Å². The van der Waals surface area contributed by atoms with E-state index in [-0.39, 0.29) is 0 Å². The summed E-state index contributed by atoms with van der Waals surface area (Å²) in [5.41, 5.74) is 7.13. The van der Waals surface area contributed by atoms with Crippen molar-refractivity contribution >= 4 is 39.2 Å². The quantitative estimate of drug-likeness (QED) is 0.711. The van der Waals surface area contributed by atoms with Crippen molar-refractivity contribution < 1.29 is 4.74 Å². The fourth-order valence-corrected chi connectivity index (χ4v) is 2.72. The van der Waals surface area contributed by atoms with Crippen LogP contribution in [0.2, 0.25) is 0 Å². The topological polar surface area (TPSA) is 53.1 Å². The van der Waals surface area contributed by atoms with Crippen LogP contribution < -0.4 is 10.5 Å². The summed E-state index contributed by atoms with van der Waals surface area (Å²) < 4.78 is 8.25. The maximum absolute atomic E-state index is 6.04. The molecule has 3 aromatic rings. The Hall–Kier alpha value is -1.76. The highest BCUT2D eigenvalue weighted by Crippen LogP contribution is 2.29. The number of nitrogens with two attached hydrogens (primary N) is 1. The van der Waals surface area contributed by atoms with Gasteiger partial charge in [-0.1, -0.05) is 30.3 Å². The van der Waals surface area contributed by atoms with Crippen LogP contribution >= 0.6 is 22.6 Å². The van der Waals surface area contributed by atoms with E-state index in [1.165, 1.54) is 5.39 Å². The third kappa shape index (κ3) is 2.22. The lowest BCUT2D eigenvalue weighted by molar-refractivity contribution is 0.408. The summed E-state index contributed by atoms with van der Waals surface area (Å²) in [6.07, 6.45) is 1.77. The lowest BCUT2D eigenvalue weighted by Crippen LogP contribution is -2.08. The van der Waals surface area contributed by atoms with Gasteiger partial charge in [-0.05, 0) is 39.4 Å². The molecule has 0 amide bonds. The molecule has 20 heavy (non-hydrogen) atoms. The number of rotatable bonds is 3. The molecule has 1 heterocycles. The van der Waals surface area contributed by atoms with Crippen LogP contribution in [0.3, 0.4) is 0 Å². The zero-order valence-electron chi connectivity index (χ0n) is 11.0. The number of halogens is 1. The van der Waals surface area contributed by atoms with Crippen LogP contribution in [0.15, 0.2) is 42.6 Å². The minimum absolute atomic E-state index is 0.597. The fraction of sp³-hybridized carbons (Fsp3) is 0.133. The number of aromatic nitrogens is 2. The van der Waals surface area contributed by atoms with Gasteiger partial charge in [-0.25, -0.2) is 4.68 Å². The van der Waals surface area contributed by atoms with Crippen molar-refractivity contribution in [1.29, 1.82) is 0 Å². The Labute approximate surface area is 130 Å². The highest BCUT2D eigenvalue weighted by Gasteiger charge is 2.12. The maximum Gasteiger partial charge on any atom is 0.135 e. The van der Waals surface area contributed by atoms with Crippen molar-refractivity contribution in [2.45, 2.75) is 6.54 Å². The van der Waals surface area contributed by atoms with Crippen molar-refractivity contribution in [3.05, 3.63) is 51.7 Å². The Morgan fingerprint density at radius 2 is 2.05 bits per heavy atom. The molecule has 0 saturated carbocycles. The molecule has 3 rings (SSSR count). The van der Waals surface area contributed by atoms with Gasteiger partial charge in [-0.3, -0.25) is 0 Å². The molecular formula is C15H14IN3O. The van der Waals surface area contributed by atoms with Crippen molar-refractivity contribution in [1.82, 2.24) is 9.78 Å². The molecule has 0 bridgehead atoms. The summed E-state index contributed by atoms with van der Waals surface area (Å²) in [5, 5.41) is 6.67. The average molecular weight is 379 g/mol. The van der Waals surface area contributed by atoms with Crippen LogP contribution in [0.5, 0.6) is 5.75 Å². The molecule has 0 radical (unpaired) electrons. The van der Waals surface area contributed by atoms with Gasteiger partial charge in [0.2, 0.25) is 0 Å². The van der Waals surface area contributed by atoms with Gasteiger partial charge < -0.3 is 10.5 Å². The van der Waals surface area contributed by atoms with Gasteiger partial charge in [-0.2, -0.15) is 5.10 Å². The summed E-state index contributed by atoms with van der Waals surface area (Å²) in [5.74, 6) is 1.54. The van der Waals surface area contributed by atoms with Crippen LogP contribution in [-0.4, -0.2) is 16.9 Å². The summed E-state index contributed by atoms with van der Waals surface area (Å²) in [6.45, 7) is 0.597. The van der Waals surface area contributed by atoms with Crippen LogP contribution in [0.25, 0.3) is 10.8 Å². The molecule has 0 aliphatic carbocycles. The number of methoxy groups -OCH3 is 1. The van der Waals surface area contributed by atoms with Gasteiger partial charge in [0.25, 0.3) is 0 Å². The van der Waals surface area contributed by atoms with Crippen LogP contribution in [-0.2, 0) is 6.54 Å². The fourth-order valence-electron chi connectivity index (χ4n) is 2.32. The second kappa shape index (κ2) is 5.32. The lowest BCUT2D eigenvalue weighted by Gasteiger charge is -2.13. The number of anilines is 1. The number of benzene rings is 2. The van der Waals surface area contributed by atoms with Gasteiger partial charge in [0, 0.05) is 5.56 Å². The SMILES string of the molecule is COc1ccc2ccccc2c1Cn1ncc(I)c1N. The predicted molar refractivity (Wildman–Crippen MR) is 89.0 cm³/mol. The normalized spacial score (nSPS) is 10.9. The molecule has 0 spiro atoms. The van der Waals surface area contributed by atoms with Crippen LogP contribution in [0.1, 0.15) is 5.56 Å². The van der Waals surface area contributed by atoms with Crippen molar-refractivity contribution in [3.8, 4) is 5.75 Å². The van der Waals surface area contributed by atoms with Gasteiger partial charge in [0.1, 0.15) is 11.6 Å². The number of nitrogen functional groups attached to an aromatic ring is 1. The summed E-state index contributed by atoms with van der Waals surface area (Å²) in [4.78, 5) is 0. The van der Waals surface area contributed by atoms with E-state index in [0.717, 1.165) is 20.3 Å². The number of nitrogens with zero attached hydrogens (tertiary/aromatic N) is 2. The molecule has 1 aromatic heterocycles. The van der Waals surface area contributed by atoms with Crippen LogP contribution in [0, 0.1) is 3.57 Å². The smallest absolute Gasteiger partial charge is 0.135 e. The number of hydrogen-bond donors (Lipinski definition) is 1. The Morgan fingerprint density at radius 1 is 1.25 bits per heavy atom. The Morgan fingerprint density at radius 3 is 2.75 bits per heavy atom. The third-order valence-corrected chi connectivity index (χ3v) is 4.19. The van der Waals surface area contributed by atoms with Crippen LogP contribution in [0.4, 0.5) is 5.82 Å². The highest BCUT2D eigenvalue weighted by atomic mass is 127. The maximum atomic E-state index is 6.04. The van der Waals surface area contributed by atoms with E-state index in [9.17, 15) is 0 Å². The van der Waals surface area contributed by atoms with E-state index in [1.807, 2.05) is 18.2 Å². The van der Waals surface area contributed by atoms with Crippen molar-refractivity contribution in [3.63, 3.8) is 0 Å². The molecule has 2 aromatic carbocycles. The molecule has 2 N–H and O–H groups in total. The molecule has 5 heteroatoms. The molecule has 0 saturated heterocycles. The Balaban J connectivity index is 2.16. The average Bonchev–Trinajstić information content (AvgIpc) is 2.79. The molecule has 0 aliphatic heterocycles. The first-order valence-corrected chi connectivity index (χ1v) is 7.30.